The minimum atomic E-state index is -1.61. The van der Waals surface area contributed by atoms with Gasteiger partial charge in [-0.05, 0) is 37.5 Å². The molecule has 3 amide bonds. The lowest BCUT2D eigenvalue weighted by Gasteiger charge is -2.30. The first-order valence-electron chi connectivity index (χ1n) is 12.2. The fraction of sp³-hybridized carbons (Fsp3) is 0.444. The van der Waals surface area contributed by atoms with E-state index in [1.54, 1.807) is 19.1 Å². The molecule has 1 fully saturated rings. The molecular formula is C27H35N3O6. The van der Waals surface area contributed by atoms with Crippen molar-refractivity contribution in [3.8, 4) is 5.75 Å². The highest BCUT2D eigenvalue weighted by molar-refractivity contribution is 5.97. The quantitative estimate of drug-likeness (QED) is 0.394. The lowest BCUT2D eigenvalue weighted by atomic mass is 9.98. The van der Waals surface area contributed by atoms with Crippen LogP contribution in [0.4, 0.5) is 0 Å². The van der Waals surface area contributed by atoms with E-state index in [1.807, 2.05) is 37.3 Å². The van der Waals surface area contributed by atoms with Gasteiger partial charge in [0.15, 0.2) is 6.10 Å². The van der Waals surface area contributed by atoms with Gasteiger partial charge in [-0.15, -0.1) is 0 Å². The van der Waals surface area contributed by atoms with Crippen LogP contribution in [0.5, 0.6) is 5.75 Å². The number of hydrogen-bond acceptors (Lipinski definition) is 6. The van der Waals surface area contributed by atoms with Gasteiger partial charge < -0.3 is 30.5 Å². The number of aromatic hydroxyl groups is 1. The second-order valence-electron chi connectivity index (χ2n) is 9.06. The number of benzene rings is 2. The van der Waals surface area contributed by atoms with Crippen molar-refractivity contribution < 1.29 is 29.3 Å². The number of nitrogens with zero attached hydrogens (tertiary/aromatic N) is 1. The van der Waals surface area contributed by atoms with Crippen molar-refractivity contribution in [2.24, 2.45) is 0 Å². The highest BCUT2D eigenvalue weighted by Gasteiger charge is 2.43. The summed E-state index contributed by atoms with van der Waals surface area (Å²) in [5.74, 6) is -1.50. The molecule has 9 nitrogen and oxygen atoms in total. The van der Waals surface area contributed by atoms with Crippen LogP contribution in [0.25, 0.3) is 0 Å². The Labute approximate surface area is 211 Å². The average Bonchev–Trinajstić information content (AvgIpc) is 3.33. The highest BCUT2D eigenvalue weighted by atomic mass is 16.5. The molecule has 2 aromatic carbocycles. The van der Waals surface area contributed by atoms with Gasteiger partial charge in [-0.2, -0.15) is 0 Å². The van der Waals surface area contributed by atoms with E-state index in [2.05, 4.69) is 10.6 Å². The molecule has 1 heterocycles. The maximum absolute atomic E-state index is 13.5. The third-order valence-corrected chi connectivity index (χ3v) is 6.53. The molecule has 0 aliphatic carbocycles. The van der Waals surface area contributed by atoms with Crippen molar-refractivity contribution >= 4 is 17.7 Å². The molecule has 4 N–H and O–H groups in total. The van der Waals surface area contributed by atoms with Gasteiger partial charge in [0.1, 0.15) is 11.8 Å². The highest BCUT2D eigenvalue weighted by Crippen LogP contribution is 2.23. The number of carbonyl (C=O) groups excluding carboxylic acids is 3. The van der Waals surface area contributed by atoms with E-state index in [4.69, 9.17) is 4.74 Å². The second kappa shape index (κ2) is 12.5. The fourth-order valence-corrected chi connectivity index (χ4v) is 4.39. The van der Waals surface area contributed by atoms with Crippen LogP contribution >= 0.6 is 0 Å². The standard InChI is InChI=1S/C27H35N3O6/c1-4-13-28-26(34)22-15-19(36-3)16-30(22)27(35)24(32)21(14-18-9-6-5-7-10-18)29-25(33)20-11-8-12-23(31)17(20)2/h5-12,19,21-22,24,31-32H,4,13-16H2,1-3H3,(H,28,34)(H,29,33). The van der Waals surface area contributed by atoms with E-state index in [0.717, 1.165) is 12.0 Å². The summed E-state index contributed by atoms with van der Waals surface area (Å²) in [5, 5.41) is 26.8. The monoisotopic (exact) mass is 497 g/mol. The van der Waals surface area contributed by atoms with Crippen LogP contribution in [0.1, 0.15) is 41.3 Å². The summed E-state index contributed by atoms with van der Waals surface area (Å²) >= 11 is 0. The largest absolute Gasteiger partial charge is 0.508 e. The topological polar surface area (TPSA) is 128 Å². The van der Waals surface area contributed by atoms with E-state index in [1.165, 1.54) is 18.1 Å². The number of phenolic OH excluding ortho intramolecular Hbond substituents is 1. The Hall–Kier alpha value is -3.43. The molecule has 4 unspecified atom stereocenters. The van der Waals surface area contributed by atoms with E-state index in [-0.39, 0.29) is 36.3 Å². The Kier molecular flexibility index (Phi) is 9.44. The van der Waals surface area contributed by atoms with E-state index >= 15 is 0 Å². The van der Waals surface area contributed by atoms with E-state index < -0.39 is 30.0 Å². The predicted molar refractivity (Wildman–Crippen MR) is 134 cm³/mol. The SMILES string of the molecule is CCCNC(=O)C1CC(OC)CN1C(=O)C(O)C(Cc1ccccc1)NC(=O)c1cccc(O)c1C. The van der Waals surface area contributed by atoms with E-state index in [0.29, 0.717) is 18.5 Å². The predicted octanol–water partition coefficient (Wildman–Crippen LogP) is 1.54. The van der Waals surface area contributed by atoms with Crippen LogP contribution in [0, 0.1) is 6.92 Å². The van der Waals surface area contributed by atoms with Crippen molar-refractivity contribution in [1.29, 1.82) is 0 Å². The number of carbonyl (C=O) groups is 3. The molecule has 1 aliphatic heterocycles. The van der Waals surface area contributed by atoms with Gasteiger partial charge >= 0.3 is 0 Å². The van der Waals surface area contributed by atoms with Gasteiger partial charge in [-0.1, -0.05) is 43.3 Å². The maximum atomic E-state index is 13.5. The van der Waals surface area contributed by atoms with Gasteiger partial charge in [-0.25, -0.2) is 0 Å². The number of ether oxygens (including phenoxy) is 1. The van der Waals surface area contributed by atoms with Crippen LogP contribution in [0.3, 0.4) is 0 Å². The van der Waals surface area contributed by atoms with Crippen molar-refractivity contribution in [3.05, 3.63) is 65.2 Å². The Morgan fingerprint density at radius 1 is 1.14 bits per heavy atom. The lowest BCUT2D eigenvalue weighted by molar-refractivity contribution is -0.146. The first kappa shape index (κ1) is 27.2. The normalized spacial score (nSPS) is 18.9. The summed E-state index contributed by atoms with van der Waals surface area (Å²) in [6.07, 6.45) is -0.684. The third-order valence-electron chi connectivity index (χ3n) is 6.53. The number of nitrogens with one attached hydrogen (secondary N) is 2. The zero-order valence-electron chi connectivity index (χ0n) is 20.9. The molecule has 0 spiro atoms. The molecule has 9 heteroatoms. The number of methoxy groups -OCH3 is 1. The molecule has 2 aromatic rings. The molecule has 1 aliphatic rings. The van der Waals surface area contributed by atoms with Gasteiger partial charge in [-0.3, -0.25) is 14.4 Å². The summed E-state index contributed by atoms with van der Waals surface area (Å²) < 4.78 is 5.41. The molecule has 3 rings (SSSR count). The van der Waals surface area contributed by atoms with Crippen LogP contribution < -0.4 is 10.6 Å². The molecule has 0 saturated carbocycles. The van der Waals surface area contributed by atoms with Crippen LogP contribution in [-0.2, 0) is 20.7 Å². The first-order valence-corrected chi connectivity index (χ1v) is 12.2. The Bertz CT molecular complexity index is 1060. The minimum absolute atomic E-state index is 0.0255. The summed E-state index contributed by atoms with van der Waals surface area (Å²) in [7, 11) is 1.52. The third kappa shape index (κ3) is 6.41. The number of rotatable bonds is 10. The molecule has 0 aromatic heterocycles. The molecule has 4 atom stereocenters. The number of aliphatic hydroxyl groups is 1. The fourth-order valence-electron chi connectivity index (χ4n) is 4.39. The van der Waals surface area contributed by atoms with Gasteiger partial charge in [0.25, 0.3) is 11.8 Å². The minimum Gasteiger partial charge on any atom is -0.508 e. The second-order valence-corrected chi connectivity index (χ2v) is 9.06. The van der Waals surface area contributed by atoms with Gasteiger partial charge in [0.05, 0.1) is 12.1 Å². The average molecular weight is 498 g/mol. The smallest absolute Gasteiger partial charge is 0.254 e. The first-order chi connectivity index (χ1) is 17.3. The number of likely N-dealkylation sites (tertiary alicyclic amines) is 1. The van der Waals surface area contributed by atoms with Crippen molar-refractivity contribution in [1.82, 2.24) is 15.5 Å². The van der Waals surface area contributed by atoms with Crippen LogP contribution in [0.2, 0.25) is 0 Å². The van der Waals surface area contributed by atoms with Crippen molar-refractivity contribution in [3.63, 3.8) is 0 Å². The summed E-state index contributed by atoms with van der Waals surface area (Å²) in [5.41, 5.74) is 1.45. The summed E-state index contributed by atoms with van der Waals surface area (Å²) in [4.78, 5) is 40.7. The molecule has 0 radical (unpaired) electrons. The zero-order valence-corrected chi connectivity index (χ0v) is 20.9. The maximum Gasteiger partial charge on any atom is 0.254 e. The molecule has 1 saturated heterocycles. The van der Waals surface area contributed by atoms with Gasteiger partial charge in [0, 0.05) is 37.7 Å². The van der Waals surface area contributed by atoms with Crippen LogP contribution in [-0.4, -0.2) is 77.3 Å². The summed E-state index contributed by atoms with van der Waals surface area (Å²) in [6.45, 7) is 4.19. The number of hydrogen-bond donors (Lipinski definition) is 4. The summed E-state index contributed by atoms with van der Waals surface area (Å²) in [6, 6.07) is 12.1. The molecule has 194 valence electrons. The van der Waals surface area contributed by atoms with Crippen LogP contribution in [0.15, 0.2) is 48.5 Å². The zero-order chi connectivity index (χ0) is 26.2. The number of aliphatic hydroxyl groups excluding tert-OH is 1. The number of amides is 3. The Morgan fingerprint density at radius 2 is 1.86 bits per heavy atom. The number of phenols is 1. The Balaban J connectivity index is 1.85. The molecule has 0 bridgehead atoms. The van der Waals surface area contributed by atoms with Crippen molar-refractivity contribution in [2.75, 3.05) is 20.2 Å². The molecule has 36 heavy (non-hydrogen) atoms. The lowest BCUT2D eigenvalue weighted by Crippen LogP contribution is -2.56. The van der Waals surface area contributed by atoms with E-state index in [9.17, 15) is 24.6 Å². The molecular weight excluding hydrogens is 462 g/mol. The van der Waals surface area contributed by atoms with Gasteiger partial charge in [0.2, 0.25) is 5.91 Å². The Morgan fingerprint density at radius 3 is 2.53 bits per heavy atom. The van der Waals surface area contributed by atoms with Crippen molar-refractivity contribution in [2.45, 2.75) is 57.4 Å².